The first-order chi connectivity index (χ1) is 27.8. The molecule has 2 aliphatic rings. The third kappa shape index (κ3) is 4.03. The van der Waals surface area contributed by atoms with Gasteiger partial charge in [-0.1, -0.05) is 103 Å². The van der Waals surface area contributed by atoms with Gasteiger partial charge < -0.3 is 14.0 Å². The fourth-order valence-electron chi connectivity index (χ4n) is 9.26. The lowest BCUT2D eigenvalue weighted by Crippen LogP contribution is -2.53. The summed E-state index contributed by atoms with van der Waals surface area (Å²) in [5, 5.41) is 2.51. The van der Waals surface area contributed by atoms with E-state index in [-0.39, 0.29) is 6.92 Å². The molecule has 0 saturated carbocycles. The van der Waals surface area contributed by atoms with E-state index < -0.39 is 0 Å². The van der Waals surface area contributed by atoms with Gasteiger partial charge in [-0.3, -0.25) is 8.97 Å². The molecular weight excluding hydrogens is 687 g/mol. The van der Waals surface area contributed by atoms with E-state index in [1.165, 1.54) is 21.8 Å². The van der Waals surface area contributed by atoms with Crippen LogP contribution in [0, 0.1) is 0 Å². The number of hydrogen-bond acceptors (Lipinski definition) is 3. The van der Waals surface area contributed by atoms with Crippen molar-refractivity contribution >= 4 is 67.5 Å². The monoisotopic (exact) mass is 716 g/mol. The first-order valence-electron chi connectivity index (χ1n) is 19.0. The molecule has 7 heteroatoms. The number of hydrogen-bond donors (Lipinski definition) is 0. The Kier molecular flexibility index (Phi) is 5.89. The molecule has 260 valence electrons. The highest BCUT2D eigenvalue weighted by Crippen LogP contribution is 2.42. The molecule has 8 aromatic carbocycles. The predicted molar refractivity (Wildman–Crippen MR) is 227 cm³/mol. The Morgan fingerprint density at radius 1 is 0.446 bits per heavy atom. The lowest BCUT2D eigenvalue weighted by molar-refractivity contribution is 0.479. The fourth-order valence-corrected chi connectivity index (χ4v) is 9.26. The summed E-state index contributed by atoms with van der Waals surface area (Å²) in [7, 11) is 0. The number of rotatable bonds is 3. The van der Waals surface area contributed by atoms with Gasteiger partial charge in [0.15, 0.2) is 0 Å². The van der Waals surface area contributed by atoms with Crippen LogP contribution in [0.15, 0.2) is 176 Å². The van der Waals surface area contributed by atoms with Crippen molar-refractivity contribution in [2.45, 2.75) is 0 Å². The molecular formula is C49H29BN4O2. The van der Waals surface area contributed by atoms with Gasteiger partial charge >= 0.3 is 6.92 Å². The van der Waals surface area contributed by atoms with E-state index in [1.54, 1.807) is 0 Å². The van der Waals surface area contributed by atoms with Gasteiger partial charge in [-0.2, -0.15) is 0 Å². The molecule has 0 amide bonds. The molecule has 2 aliphatic heterocycles. The van der Waals surface area contributed by atoms with Crippen LogP contribution in [0.25, 0.3) is 83.3 Å². The number of para-hydroxylation sites is 7. The molecule has 0 bridgehead atoms. The molecule has 3 aromatic heterocycles. The summed E-state index contributed by atoms with van der Waals surface area (Å²) in [6.07, 6.45) is 0. The van der Waals surface area contributed by atoms with Crippen molar-refractivity contribution < 1.29 is 9.39 Å². The quantitative estimate of drug-likeness (QED) is 0.171. The molecule has 0 unspecified atom stereocenters. The Morgan fingerprint density at radius 3 is 1.91 bits per heavy atom. The third-order valence-corrected chi connectivity index (χ3v) is 11.7. The van der Waals surface area contributed by atoms with Crippen LogP contribution in [-0.2, 0) is 0 Å². The Hall–Kier alpha value is -7.51. The number of benzene rings is 8. The first kappa shape index (κ1) is 29.9. The molecule has 0 aliphatic carbocycles. The van der Waals surface area contributed by atoms with E-state index >= 15 is 0 Å². The van der Waals surface area contributed by atoms with Gasteiger partial charge in [-0.05, 0) is 83.4 Å². The highest BCUT2D eigenvalue weighted by Gasteiger charge is 2.41. The van der Waals surface area contributed by atoms with E-state index in [9.17, 15) is 0 Å². The SMILES string of the molecule is c1ccc2c(c1)OB1c3ccc(-c4ccc(-n5c6ccccc6c6ccccc65)cc4)cc3Oc3cc(-n4c5ccccc5n5c6ccccc6nc45)cc-2c31. The molecule has 0 fully saturated rings. The average Bonchev–Trinajstić information content (AvgIpc) is 3.90. The predicted octanol–water partition coefficient (Wildman–Crippen LogP) is 10.5. The van der Waals surface area contributed by atoms with Gasteiger partial charge in [-0.25, -0.2) is 4.98 Å². The van der Waals surface area contributed by atoms with Crippen LogP contribution in [0.2, 0.25) is 0 Å². The van der Waals surface area contributed by atoms with Crippen LogP contribution in [0.1, 0.15) is 0 Å². The van der Waals surface area contributed by atoms with Crippen LogP contribution in [-0.4, -0.2) is 25.4 Å². The fraction of sp³-hybridized carbons (Fsp3) is 0. The highest BCUT2D eigenvalue weighted by molar-refractivity contribution is 6.84. The summed E-state index contributed by atoms with van der Waals surface area (Å²) in [6, 6.07) is 62.2. The van der Waals surface area contributed by atoms with Gasteiger partial charge in [-0.15, -0.1) is 0 Å². The second-order valence-corrected chi connectivity index (χ2v) is 14.7. The molecule has 13 rings (SSSR count). The Balaban J connectivity index is 0.958. The summed E-state index contributed by atoms with van der Waals surface area (Å²) < 4.78 is 20.7. The lowest BCUT2D eigenvalue weighted by Gasteiger charge is -2.33. The van der Waals surface area contributed by atoms with E-state index in [1.807, 2.05) is 12.1 Å². The van der Waals surface area contributed by atoms with E-state index in [4.69, 9.17) is 14.4 Å². The second kappa shape index (κ2) is 11.0. The topological polar surface area (TPSA) is 45.6 Å². The minimum Gasteiger partial charge on any atom is -0.551 e. The summed E-state index contributed by atoms with van der Waals surface area (Å²) in [5.41, 5.74) is 15.1. The zero-order valence-corrected chi connectivity index (χ0v) is 29.9. The smallest absolute Gasteiger partial charge is 0.434 e. The standard InChI is InChI=1S/C49H29BN4O2/c1-5-15-40-34(11-1)35-12-2-6-16-41(35)52(40)32-24-21-30(22-25-32)31-23-26-38-46(27-31)55-47-29-33(28-37-36-13-3-10-20-45(36)56-50(38)48(37)47)53-43-18-8-9-19-44(43)54-42-17-7-4-14-39(42)51-49(53)54/h1-29H. The Morgan fingerprint density at radius 2 is 1.11 bits per heavy atom. The van der Waals surface area contributed by atoms with E-state index in [0.717, 1.165) is 89.6 Å². The maximum Gasteiger partial charge on any atom is 0.434 e. The van der Waals surface area contributed by atoms with Crippen molar-refractivity contribution in [2.24, 2.45) is 0 Å². The molecule has 6 nitrogen and oxygen atoms in total. The number of imidazole rings is 2. The summed E-state index contributed by atoms with van der Waals surface area (Å²) in [6.45, 7) is -0.310. The number of aromatic nitrogens is 4. The average molecular weight is 717 g/mol. The second-order valence-electron chi connectivity index (χ2n) is 14.7. The molecule has 0 N–H and O–H groups in total. The number of nitrogens with zero attached hydrogens (tertiary/aromatic N) is 4. The van der Waals surface area contributed by atoms with Crippen molar-refractivity contribution in [3.05, 3.63) is 176 Å². The van der Waals surface area contributed by atoms with Gasteiger partial charge in [0, 0.05) is 39.0 Å². The molecule has 5 heterocycles. The summed E-state index contributed by atoms with van der Waals surface area (Å²) >= 11 is 0. The maximum atomic E-state index is 6.98. The largest absolute Gasteiger partial charge is 0.551 e. The van der Waals surface area contributed by atoms with E-state index in [2.05, 4.69) is 177 Å². The van der Waals surface area contributed by atoms with Crippen molar-refractivity contribution in [3.8, 4) is 50.9 Å². The number of ether oxygens (including phenoxy) is 1. The van der Waals surface area contributed by atoms with Gasteiger partial charge in [0.25, 0.3) is 0 Å². The molecule has 0 saturated heterocycles. The van der Waals surface area contributed by atoms with Crippen molar-refractivity contribution in [1.29, 1.82) is 0 Å². The lowest BCUT2D eigenvalue weighted by atomic mass is 9.50. The zero-order valence-electron chi connectivity index (χ0n) is 29.9. The number of fused-ring (bicyclic) bond motifs is 12. The molecule has 0 atom stereocenters. The van der Waals surface area contributed by atoms with Crippen molar-refractivity contribution in [1.82, 2.24) is 18.5 Å². The van der Waals surface area contributed by atoms with E-state index in [0.29, 0.717) is 0 Å². The van der Waals surface area contributed by atoms with Gasteiger partial charge in [0.05, 0.1) is 38.8 Å². The summed E-state index contributed by atoms with van der Waals surface area (Å²) in [5.74, 6) is 3.30. The Labute approximate surface area is 321 Å². The first-order valence-corrected chi connectivity index (χ1v) is 19.0. The van der Waals surface area contributed by atoms with Crippen LogP contribution in [0.5, 0.6) is 17.2 Å². The van der Waals surface area contributed by atoms with Crippen LogP contribution in [0.4, 0.5) is 0 Å². The van der Waals surface area contributed by atoms with Gasteiger partial charge in [0.2, 0.25) is 5.78 Å². The minimum atomic E-state index is -0.310. The van der Waals surface area contributed by atoms with Gasteiger partial charge in [0.1, 0.15) is 17.2 Å². The van der Waals surface area contributed by atoms with Crippen LogP contribution >= 0.6 is 0 Å². The Bertz CT molecular complexity index is 3390. The van der Waals surface area contributed by atoms with Crippen molar-refractivity contribution in [2.75, 3.05) is 0 Å². The molecule has 56 heavy (non-hydrogen) atoms. The highest BCUT2D eigenvalue weighted by atomic mass is 16.5. The normalized spacial score (nSPS) is 12.9. The van der Waals surface area contributed by atoms with Crippen LogP contribution in [0.3, 0.4) is 0 Å². The summed E-state index contributed by atoms with van der Waals surface area (Å²) in [4.78, 5) is 5.16. The maximum absolute atomic E-state index is 6.98. The molecule has 11 aromatic rings. The van der Waals surface area contributed by atoms with Crippen LogP contribution < -0.4 is 20.3 Å². The molecule has 0 spiro atoms. The minimum absolute atomic E-state index is 0.310. The third-order valence-electron chi connectivity index (χ3n) is 11.7. The van der Waals surface area contributed by atoms with Crippen molar-refractivity contribution in [3.63, 3.8) is 0 Å². The zero-order chi connectivity index (χ0) is 36.5. The molecule has 0 radical (unpaired) electrons.